The number of nitro groups is 1. The standard InChI is InChI=1S/C17H17NO6/c1-22-15-8-5-13(9-16(15)23-2)10-17(19)24-11-12-3-6-14(7-4-12)18(20)21/h3-9H,10-11H2,1-2H3. The van der Waals surface area contributed by atoms with Gasteiger partial charge >= 0.3 is 5.97 Å². The first-order valence-electron chi connectivity index (χ1n) is 7.13. The van der Waals surface area contributed by atoms with Gasteiger partial charge in [-0.15, -0.1) is 0 Å². The molecule has 0 N–H and O–H groups in total. The number of carbonyl (C=O) groups excluding carboxylic acids is 1. The highest BCUT2D eigenvalue weighted by Gasteiger charge is 2.10. The minimum Gasteiger partial charge on any atom is -0.493 e. The lowest BCUT2D eigenvalue weighted by molar-refractivity contribution is -0.384. The second-order valence-corrected chi connectivity index (χ2v) is 4.95. The molecule has 0 aliphatic rings. The first-order chi connectivity index (χ1) is 11.5. The molecule has 0 amide bonds. The summed E-state index contributed by atoms with van der Waals surface area (Å²) in [5.41, 5.74) is 1.41. The molecule has 0 aromatic heterocycles. The minimum absolute atomic E-state index is 0.00426. The Morgan fingerprint density at radius 3 is 2.21 bits per heavy atom. The predicted molar refractivity (Wildman–Crippen MR) is 86.1 cm³/mol. The largest absolute Gasteiger partial charge is 0.493 e. The number of benzene rings is 2. The SMILES string of the molecule is COc1ccc(CC(=O)OCc2ccc([N+](=O)[O-])cc2)cc1OC. The molecule has 0 aliphatic heterocycles. The molecular formula is C17H17NO6. The quantitative estimate of drug-likeness (QED) is 0.440. The van der Waals surface area contributed by atoms with Crippen molar-refractivity contribution in [2.24, 2.45) is 0 Å². The topological polar surface area (TPSA) is 87.9 Å². The molecule has 24 heavy (non-hydrogen) atoms. The second kappa shape index (κ2) is 7.96. The highest BCUT2D eigenvalue weighted by Crippen LogP contribution is 2.27. The van der Waals surface area contributed by atoms with E-state index < -0.39 is 10.9 Å². The Kier molecular flexibility index (Phi) is 5.73. The van der Waals surface area contributed by atoms with Gasteiger partial charge in [0.2, 0.25) is 0 Å². The Labute approximate surface area is 138 Å². The highest BCUT2D eigenvalue weighted by atomic mass is 16.6. The van der Waals surface area contributed by atoms with Crippen LogP contribution in [0, 0.1) is 10.1 Å². The van der Waals surface area contributed by atoms with Gasteiger partial charge in [0.05, 0.1) is 25.6 Å². The van der Waals surface area contributed by atoms with Crippen LogP contribution in [0.15, 0.2) is 42.5 Å². The molecule has 7 heteroatoms. The van der Waals surface area contributed by atoms with Gasteiger partial charge in [0.25, 0.3) is 5.69 Å². The molecule has 7 nitrogen and oxygen atoms in total. The van der Waals surface area contributed by atoms with E-state index in [0.29, 0.717) is 17.1 Å². The Morgan fingerprint density at radius 2 is 1.62 bits per heavy atom. The number of non-ortho nitro benzene ring substituents is 1. The first kappa shape index (κ1) is 17.3. The molecule has 0 spiro atoms. The van der Waals surface area contributed by atoms with E-state index in [0.717, 1.165) is 5.56 Å². The third-order valence-corrected chi connectivity index (χ3v) is 3.34. The summed E-state index contributed by atoms with van der Waals surface area (Å²) in [6.45, 7) is 0.0596. The average Bonchev–Trinajstić information content (AvgIpc) is 2.60. The Hall–Kier alpha value is -3.09. The van der Waals surface area contributed by atoms with E-state index in [1.54, 1.807) is 30.3 Å². The number of ether oxygens (including phenoxy) is 3. The van der Waals surface area contributed by atoms with Crippen LogP contribution < -0.4 is 9.47 Å². The summed E-state index contributed by atoms with van der Waals surface area (Å²) in [5, 5.41) is 10.6. The van der Waals surface area contributed by atoms with Gasteiger partial charge in [-0.1, -0.05) is 6.07 Å². The number of hydrogen-bond acceptors (Lipinski definition) is 6. The van der Waals surface area contributed by atoms with Crippen molar-refractivity contribution in [2.75, 3.05) is 14.2 Å². The van der Waals surface area contributed by atoms with Crippen molar-refractivity contribution < 1.29 is 23.9 Å². The van der Waals surface area contributed by atoms with Gasteiger partial charge in [-0.2, -0.15) is 0 Å². The van der Waals surface area contributed by atoms with Gasteiger partial charge in [-0.05, 0) is 35.4 Å². The molecule has 0 radical (unpaired) electrons. The van der Waals surface area contributed by atoms with Crippen LogP contribution >= 0.6 is 0 Å². The van der Waals surface area contributed by atoms with Crippen molar-refractivity contribution in [3.05, 3.63) is 63.7 Å². The number of carbonyl (C=O) groups is 1. The molecule has 0 unspecified atom stereocenters. The van der Waals surface area contributed by atoms with Gasteiger partial charge in [-0.25, -0.2) is 0 Å². The lowest BCUT2D eigenvalue weighted by Gasteiger charge is -2.09. The monoisotopic (exact) mass is 331 g/mol. The van der Waals surface area contributed by atoms with E-state index in [4.69, 9.17) is 14.2 Å². The fourth-order valence-electron chi connectivity index (χ4n) is 2.09. The van der Waals surface area contributed by atoms with E-state index in [1.165, 1.54) is 26.4 Å². The van der Waals surface area contributed by atoms with E-state index in [-0.39, 0.29) is 18.7 Å². The minimum atomic E-state index is -0.479. The molecule has 0 saturated heterocycles. The summed E-state index contributed by atoms with van der Waals surface area (Å²) in [6.07, 6.45) is 0.0906. The number of nitro benzene ring substituents is 1. The molecule has 2 aromatic carbocycles. The molecule has 2 rings (SSSR count). The van der Waals surface area contributed by atoms with Crippen LogP contribution in [-0.2, 0) is 22.6 Å². The summed E-state index contributed by atoms with van der Waals surface area (Å²) >= 11 is 0. The average molecular weight is 331 g/mol. The second-order valence-electron chi connectivity index (χ2n) is 4.95. The van der Waals surface area contributed by atoms with E-state index in [9.17, 15) is 14.9 Å². The van der Waals surface area contributed by atoms with Crippen LogP contribution in [0.4, 0.5) is 5.69 Å². The van der Waals surface area contributed by atoms with Crippen LogP contribution in [0.5, 0.6) is 11.5 Å². The Balaban J connectivity index is 1.92. The van der Waals surface area contributed by atoms with E-state index >= 15 is 0 Å². The molecular weight excluding hydrogens is 314 g/mol. The lowest BCUT2D eigenvalue weighted by Crippen LogP contribution is -2.08. The van der Waals surface area contributed by atoms with Crippen molar-refractivity contribution in [2.45, 2.75) is 13.0 Å². The number of rotatable bonds is 7. The number of nitrogens with zero attached hydrogens (tertiary/aromatic N) is 1. The highest BCUT2D eigenvalue weighted by molar-refractivity contribution is 5.73. The molecule has 126 valence electrons. The Morgan fingerprint density at radius 1 is 1.00 bits per heavy atom. The maximum Gasteiger partial charge on any atom is 0.310 e. The fourth-order valence-corrected chi connectivity index (χ4v) is 2.09. The van der Waals surface area contributed by atoms with Crippen LogP contribution in [0.2, 0.25) is 0 Å². The van der Waals surface area contributed by atoms with Crippen molar-refractivity contribution in [1.29, 1.82) is 0 Å². The first-order valence-corrected chi connectivity index (χ1v) is 7.13. The van der Waals surface area contributed by atoms with Gasteiger partial charge in [0.1, 0.15) is 6.61 Å². The number of esters is 1. The lowest BCUT2D eigenvalue weighted by atomic mass is 10.1. The Bertz CT molecular complexity index is 726. The normalized spacial score (nSPS) is 10.1. The summed E-state index contributed by atoms with van der Waals surface area (Å²) in [4.78, 5) is 22.0. The third-order valence-electron chi connectivity index (χ3n) is 3.34. The zero-order valence-corrected chi connectivity index (χ0v) is 13.4. The summed E-state index contributed by atoms with van der Waals surface area (Å²) in [5.74, 6) is 0.722. The molecule has 0 bridgehead atoms. The van der Waals surface area contributed by atoms with E-state index in [2.05, 4.69) is 0 Å². The van der Waals surface area contributed by atoms with Crippen LogP contribution in [0.3, 0.4) is 0 Å². The van der Waals surface area contributed by atoms with Crippen LogP contribution in [0.25, 0.3) is 0 Å². The van der Waals surface area contributed by atoms with Crippen molar-refractivity contribution >= 4 is 11.7 Å². The smallest absolute Gasteiger partial charge is 0.310 e. The van der Waals surface area contributed by atoms with Crippen LogP contribution in [-0.4, -0.2) is 25.1 Å². The third kappa shape index (κ3) is 4.45. The van der Waals surface area contributed by atoms with Gasteiger partial charge in [0, 0.05) is 12.1 Å². The van der Waals surface area contributed by atoms with Crippen molar-refractivity contribution in [3.63, 3.8) is 0 Å². The van der Waals surface area contributed by atoms with Crippen molar-refractivity contribution in [1.82, 2.24) is 0 Å². The maximum absolute atomic E-state index is 11.9. The molecule has 2 aromatic rings. The zero-order valence-electron chi connectivity index (χ0n) is 13.4. The molecule has 0 saturated carbocycles. The zero-order chi connectivity index (χ0) is 17.5. The maximum atomic E-state index is 11.9. The molecule has 0 aliphatic carbocycles. The van der Waals surface area contributed by atoms with Crippen molar-refractivity contribution in [3.8, 4) is 11.5 Å². The fraction of sp³-hybridized carbons (Fsp3) is 0.235. The molecule has 0 heterocycles. The number of methoxy groups -OCH3 is 2. The molecule has 0 atom stereocenters. The summed E-state index contributed by atoms with van der Waals surface area (Å²) < 4.78 is 15.5. The summed E-state index contributed by atoms with van der Waals surface area (Å²) in [6, 6.07) is 11.1. The predicted octanol–water partition coefficient (Wildman–Crippen LogP) is 2.90. The van der Waals surface area contributed by atoms with E-state index in [1.807, 2.05) is 0 Å². The van der Waals surface area contributed by atoms with Gasteiger partial charge < -0.3 is 14.2 Å². The summed E-state index contributed by atoms with van der Waals surface area (Å²) in [7, 11) is 3.06. The van der Waals surface area contributed by atoms with Gasteiger partial charge in [-0.3, -0.25) is 14.9 Å². The van der Waals surface area contributed by atoms with Gasteiger partial charge in [0.15, 0.2) is 11.5 Å². The van der Waals surface area contributed by atoms with Crippen LogP contribution in [0.1, 0.15) is 11.1 Å². The molecule has 0 fully saturated rings. The number of hydrogen-bond donors (Lipinski definition) is 0.